The third-order valence-corrected chi connectivity index (χ3v) is 11.8. The van der Waals surface area contributed by atoms with Gasteiger partial charge in [0.25, 0.3) is 0 Å². The van der Waals surface area contributed by atoms with Crippen molar-refractivity contribution in [2.75, 3.05) is 185 Å². The lowest BCUT2D eigenvalue weighted by atomic mass is 9.98. The number of carbonyl (C=O) groups is 2. The number of benzene rings is 4. The summed E-state index contributed by atoms with van der Waals surface area (Å²) >= 11 is 0. The molecule has 0 fully saturated rings. The van der Waals surface area contributed by atoms with Gasteiger partial charge in [0.1, 0.15) is 13.2 Å². The van der Waals surface area contributed by atoms with E-state index in [4.69, 9.17) is 66.3 Å². The highest BCUT2D eigenvalue weighted by Gasteiger charge is 2.30. The van der Waals surface area contributed by atoms with Crippen molar-refractivity contribution in [2.24, 2.45) is 0 Å². The Morgan fingerprint density at radius 3 is 0.689 bits per heavy atom. The maximum atomic E-state index is 12.3. The first-order valence-corrected chi connectivity index (χ1v) is 25.8. The Hall–Kier alpha value is -5.06. The number of amides is 2. The second kappa shape index (κ2) is 36.8. The van der Waals surface area contributed by atoms with E-state index < -0.39 is 12.2 Å². The Kier molecular flexibility index (Phi) is 29.0. The highest BCUT2D eigenvalue weighted by Crippen LogP contribution is 2.45. The van der Waals surface area contributed by atoms with E-state index in [-0.39, 0.29) is 25.0 Å². The van der Waals surface area contributed by atoms with Crippen molar-refractivity contribution < 1.29 is 75.9 Å². The Morgan fingerprint density at radius 2 is 0.473 bits per heavy atom. The summed E-state index contributed by atoms with van der Waals surface area (Å²) < 4.78 is 77.5. The first-order valence-electron chi connectivity index (χ1n) is 25.8. The zero-order valence-corrected chi connectivity index (χ0v) is 42.7. The third-order valence-electron chi connectivity index (χ3n) is 11.8. The summed E-state index contributed by atoms with van der Waals surface area (Å²) in [7, 11) is 0. The van der Waals surface area contributed by atoms with Gasteiger partial charge in [-0.15, -0.1) is 0 Å². The van der Waals surface area contributed by atoms with Crippen LogP contribution in [0.25, 0.3) is 22.3 Å². The average Bonchev–Trinajstić information content (AvgIpc) is 3.93. The van der Waals surface area contributed by atoms with Crippen LogP contribution in [0.2, 0.25) is 0 Å². The lowest BCUT2D eigenvalue weighted by molar-refractivity contribution is -0.0283. The molecular weight excluding hydrogens is 957 g/mol. The minimum Gasteiger partial charge on any atom is -0.449 e. The third kappa shape index (κ3) is 21.7. The molecule has 0 saturated carbocycles. The van der Waals surface area contributed by atoms with Crippen molar-refractivity contribution in [1.29, 1.82) is 0 Å². The smallest absolute Gasteiger partial charge is 0.407 e. The molecule has 0 aliphatic heterocycles. The fourth-order valence-corrected chi connectivity index (χ4v) is 8.27. The maximum Gasteiger partial charge on any atom is 0.407 e. The van der Waals surface area contributed by atoms with Crippen LogP contribution in [0.3, 0.4) is 0 Å². The van der Waals surface area contributed by atoms with Gasteiger partial charge in [-0.1, -0.05) is 97.1 Å². The lowest BCUT2D eigenvalue weighted by Crippen LogP contribution is -2.29. The molecule has 0 unspecified atom stereocenters. The molecule has 74 heavy (non-hydrogen) atoms. The molecule has 4 aromatic carbocycles. The van der Waals surface area contributed by atoms with Gasteiger partial charge in [-0.3, -0.25) is 0 Å². The zero-order chi connectivity index (χ0) is 51.4. The quantitative estimate of drug-likeness (QED) is 0.0473. The Labute approximate surface area is 435 Å². The Balaban J connectivity index is 0.572. The topological polar surface area (TPSA) is 187 Å². The zero-order valence-electron chi connectivity index (χ0n) is 42.7. The predicted molar refractivity (Wildman–Crippen MR) is 276 cm³/mol. The van der Waals surface area contributed by atoms with Gasteiger partial charge in [-0.25, -0.2) is 9.59 Å². The van der Waals surface area contributed by atoms with Crippen LogP contribution in [0.1, 0.15) is 34.1 Å². The molecule has 0 spiro atoms. The van der Waals surface area contributed by atoms with E-state index in [0.717, 1.165) is 0 Å². The minimum absolute atomic E-state index is 0.0292. The van der Waals surface area contributed by atoms with Gasteiger partial charge in [0.05, 0.1) is 159 Å². The highest BCUT2D eigenvalue weighted by molar-refractivity contribution is 5.80. The molecule has 2 amide bonds. The van der Waals surface area contributed by atoms with E-state index in [0.29, 0.717) is 172 Å². The van der Waals surface area contributed by atoms with Gasteiger partial charge in [-0.05, 0) is 44.5 Å². The highest BCUT2D eigenvalue weighted by atomic mass is 16.6. The van der Waals surface area contributed by atoms with Gasteiger partial charge < -0.3 is 76.9 Å². The lowest BCUT2D eigenvalue weighted by Gasteiger charge is -2.14. The summed E-state index contributed by atoms with van der Waals surface area (Å²) in [6.45, 7) is 12.1. The van der Waals surface area contributed by atoms with E-state index in [2.05, 4.69) is 59.2 Å². The molecule has 0 atom stereocenters. The van der Waals surface area contributed by atoms with Crippen LogP contribution in [0.15, 0.2) is 97.1 Å². The van der Waals surface area contributed by atoms with Gasteiger partial charge >= 0.3 is 12.2 Å². The summed E-state index contributed by atoms with van der Waals surface area (Å²) in [4.78, 5) is 24.6. The maximum absolute atomic E-state index is 12.3. The van der Waals surface area contributed by atoms with Crippen LogP contribution in [0, 0.1) is 0 Å². The fourth-order valence-electron chi connectivity index (χ4n) is 8.27. The molecule has 18 heteroatoms. The van der Waals surface area contributed by atoms with Gasteiger partial charge in [0.2, 0.25) is 0 Å². The van der Waals surface area contributed by atoms with Crippen LogP contribution in [0.4, 0.5) is 9.59 Å². The van der Waals surface area contributed by atoms with Crippen LogP contribution >= 0.6 is 0 Å². The van der Waals surface area contributed by atoms with E-state index >= 15 is 0 Å². The summed E-state index contributed by atoms with van der Waals surface area (Å²) in [5, 5.41) is 5.49. The van der Waals surface area contributed by atoms with E-state index in [9.17, 15) is 9.59 Å². The fraction of sp³-hybridized carbons (Fsp3) is 0.536. The predicted octanol–water partition coefficient (Wildman–Crippen LogP) is 6.26. The number of fused-ring (bicyclic) bond motifs is 6. The molecule has 18 nitrogen and oxygen atoms in total. The Morgan fingerprint density at radius 1 is 0.284 bits per heavy atom. The van der Waals surface area contributed by atoms with Crippen LogP contribution in [0.5, 0.6) is 0 Å². The molecule has 2 N–H and O–H groups in total. The standard InChI is InChI=1S/C56H76N2O16/c59-55(73-43-53-49-13-5-1-9-45(49)46-10-2-6-14-50(46)53)57-17-19-61-21-23-63-25-27-65-29-31-67-33-35-69-37-39-71-41-42-72-40-38-70-36-34-68-32-30-66-28-26-64-24-22-62-20-18-58-56(60)74-44-54-51-15-7-3-11-47(51)48-12-4-8-16-52(48)54/h1-16,53-54H,17-44H2,(H,57,59)(H,58,60). The molecule has 4 aromatic rings. The summed E-state index contributed by atoms with van der Waals surface area (Å²) in [6, 6.07) is 33.0. The first-order chi connectivity index (χ1) is 36.7. The van der Waals surface area contributed by atoms with Crippen molar-refractivity contribution in [3.63, 3.8) is 0 Å². The summed E-state index contributed by atoms with van der Waals surface area (Å²) in [5.74, 6) is 0.0583. The average molecular weight is 1030 g/mol. The van der Waals surface area contributed by atoms with E-state index in [1.807, 2.05) is 48.5 Å². The van der Waals surface area contributed by atoms with Crippen LogP contribution in [-0.2, 0) is 66.3 Å². The molecule has 2 aliphatic carbocycles. The largest absolute Gasteiger partial charge is 0.449 e. The second-order valence-electron chi connectivity index (χ2n) is 16.9. The van der Waals surface area contributed by atoms with Crippen LogP contribution in [-0.4, -0.2) is 197 Å². The van der Waals surface area contributed by atoms with Gasteiger partial charge in [-0.2, -0.15) is 0 Å². The second-order valence-corrected chi connectivity index (χ2v) is 16.9. The molecule has 0 saturated heterocycles. The van der Waals surface area contributed by atoms with Crippen LogP contribution < -0.4 is 10.6 Å². The number of nitrogens with one attached hydrogen (secondary N) is 2. The van der Waals surface area contributed by atoms with Gasteiger partial charge in [0.15, 0.2) is 0 Å². The number of hydrogen-bond donors (Lipinski definition) is 2. The molecule has 0 radical (unpaired) electrons. The number of hydrogen-bond acceptors (Lipinski definition) is 16. The number of carbonyl (C=O) groups excluding carboxylic acids is 2. The molecule has 406 valence electrons. The molecule has 0 heterocycles. The summed E-state index contributed by atoms with van der Waals surface area (Å²) in [5.41, 5.74) is 9.51. The van der Waals surface area contributed by atoms with Gasteiger partial charge in [0, 0.05) is 24.9 Å². The molecule has 2 aliphatic rings. The summed E-state index contributed by atoms with van der Waals surface area (Å²) in [6.07, 6.45) is -0.915. The Bertz CT molecular complexity index is 1910. The van der Waals surface area contributed by atoms with E-state index in [1.165, 1.54) is 44.5 Å². The van der Waals surface area contributed by atoms with Crippen molar-refractivity contribution >= 4 is 12.2 Å². The number of ether oxygens (including phenoxy) is 14. The molecule has 0 bridgehead atoms. The van der Waals surface area contributed by atoms with Crippen molar-refractivity contribution in [3.05, 3.63) is 119 Å². The van der Waals surface area contributed by atoms with Crippen molar-refractivity contribution in [2.45, 2.75) is 11.8 Å². The van der Waals surface area contributed by atoms with Crippen molar-refractivity contribution in [1.82, 2.24) is 10.6 Å². The monoisotopic (exact) mass is 1030 g/mol. The molecular formula is C56H76N2O16. The SMILES string of the molecule is O=C(NCCOCCOCCOCCOCCOCCOCCOCCOCCOCCOCCOCCOCCNC(=O)OCC1c2ccccc2-c2ccccc21)OCC1c2ccccc2-c2ccccc21. The molecule has 6 rings (SSSR count). The van der Waals surface area contributed by atoms with E-state index in [1.54, 1.807) is 0 Å². The minimum atomic E-state index is -0.458. The molecule has 0 aromatic heterocycles. The first kappa shape index (κ1) is 58.2. The normalized spacial score (nSPS) is 12.6. The number of rotatable bonds is 43. The number of alkyl carbamates (subject to hydrolysis) is 2. The van der Waals surface area contributed by atoms with Crippen molar-refractivity contribution in [3.8, 4) is 22.3 Å².